The Morgan fingerprint density at radius 1 is 0.326 bits per heavy atom. The van der Waals surface area contributed by atoms with Gasteiger partial charge in [0.05, 0.1) is 72.7 Å². The van der Waals surface area contributed by atoms with Crippen LogP contribution in [0.2, 0.25) is 0 Å². The molecule has 0 aromatic carbocycles. The van der Waals surface area contributed by atoms with E-state index in [0.29, 0.717) is 85.7 Å². The summed E-state index contributed by atoms with van der Waals surface area (Å²) in [5.74, 6) is -0.119. The number of hydrogen-bond acceptors (Lipinski definition) is 8. The fraction of sp³-hybridized carbons (Fsp3) is 0.971. The number of carbonyl (C=O) groups is 1. The normalized spacial score (nSPS) is 11.4. The van der Waals surface area contributed by atoms with Crippen LogP contribution in [0.3, 0.4) is 0 Å². The highest BCUT2D eigenvalue weighted by atomic mass is 16.6. The molecule has 8 heteroatoms. The van der Waals surface area contributed by atoms with Gasteiger partial charge in [-0.05, 0) is 12.8 Å². The van der Waals surface area contributed by atoms with Gasteiger partial charge in [-0.2, -0.15) is 0 Å². The third-order valence-electron chi connectivity index (χ3n) is 7.23. The smallest absolute Gasteiger partial charge is 0.305 e. The van der Waals surface area contributed by atoms with E-state index in [1.807, 2.05) is 0 Å². The van der Waals surface area contributed by atoms with Gasteiger partial charge in [-0.3, -0.25) is 4.79 Å². The average molecular weight is 619 g/mol. The molecule has 0 aromatic rings. The highest BCUT2D eigenvalue weighted by Crippen LogP contribution is 2.13. The third-order valence-corrected chi connectivity index (χ3v) is 7.23. The molecule has 0 saturated carbocycles. The molecule has 258 valence electrons. The Bertz CT molecular complexity index is 520. The van der Waals surface area contributed by atoms with Crippen LogP contribution in [-0.4, -0.2) is 91.9 Å². The van der Waals surface area contributed by atoms with E-state index < -0.39 is 0 Å². The Morgan fingerprint density at radius 2 is 0.605 bits per heavy atom. The van der Waals surface area contributed by atoms with E-state index in [4.69, 9.17) is 33.2 Å². The maximum Gasteiger partial charge on any atom is 0.305 e. The van der Waals surface area contributed by atoms with Gasteiger partial charge in [-0.1, -0.05) is 117 Å². The monoisotopic (exact) mass is 619 g/mol. The zero-order valence-corrected chi connectivity index (χ0v) is 28.4. The highest BCUT2D eigenvalue weighted by Gasteiger charge is 2.03. The van der Waals surface area contributed by atoms with Crippen LogP contribution in [0.25, 0.3) is 0 Å². The standard InChI is InChI=1S/C35H70O8/c1-3-5-7-8-9-10-11-12-13-14-15-16-17-18-19-21-35(36)43-34-33-42-32-31-41-30-29-40-28-27-39-26-25-38-24-23-37-22-20-6-4-2/h3-34H2,1-2H3. The van der Waals surface area contributed by atoms with Gasteiger partial charge < -0.3 is 33.2 Å². The highest BCUT2D eigenvalue weighted by molar-refractivity contribution is 5.69. The number of hydrogen-bond donors (Lipinski definition) is 0. The van der Waals surface area contributed by atoms with Crippen LogP contribution in [0.1, 0.15) is 136 Å². The predicted octanol–water partition coefficient (Wildman–Crippen LogP) is 8.08. The first-order valence-electron chi connectivity index (χ1n) is 17.9. The molecular formula is C35H70O8. The Hall–Kier alpha value is -0.770. The molecule has 0 aromatic heterocycles. The topological polar surface area (TPSA) is 81.7 Å². The van der Waals surface area contributed by atoms with Gasteiger partial charge in [0.25, 0.3) is 0 Å². The quantitative estimate of drug-likeness (QED) is 0.0507. The van der Waals surface area contributed by atoms with Gasteiger partial charge in [0, 0.05) is 13.0 Å². The molecule has 0 aliphatic rings. The second-order valence-corrected chi connectivity index (χ2v) is 11.3. The molecule has 0 aliphatic carbocycles. The van der Waals surface area contributed by atoms with Crippen LogP contribution in [0.4, 0.5) is 0 Å². The third kappa shape index (κ3) is 39.2. The fourth-order valence-corrected chi connectivity index (χ4v) is 4.58. The largest absolute Gasteiger partial charge is 0.463 e. The zero-order valence-electron chi connectivity index (χ0n) is 28.4. The second-order valence-electron chi connectivity index (χ2n) is 11.3. The second kappa shape index (κ2) is 39.3. The van der Waals surface area contributed by atoms with Gasteiger partial charge >= 0.3 is 5.97 Å². The van der Waals surface area contributed by atoms with E-state index in [1.54, 1.807) is 0 Å². The molecule has 0 heterocycles. The first-order chi connectivity index (χ1) is 21.3. The van der Waals surface area contributed by atoms with Gasteiger partial charge in [-0.15, -0.1) is 0 Å². The van der Waals surface area contributed by atoms with Crippen molar-refractivity contribution in [2.24, 2.45) is 0 Å². The van der Waals surface area contributed by atoms with Crippen LogP contribution in [0.15, 0.2) is 0 Å². The van der Waals surface area contributed by atoms with Gasteiger partial charge in [0.1, 0.15) is 6.61 Å². The Balaban J connectivity index is 3.13. The maximum absolute atomic E-state index is 11.9. The lowest BCUT2D eigenvalue weighted by Crippen LogP contribution is -2.15. The van der Waals surface area contributed by atoms with E-state index in [1.165, 1.54) is 96.3 Å². The number of esters is 1. The van der Waals surface area contributed by atoms with Crippen LogP contribution < -0.4 is 0 Å². The fourth-order valence-electron chi connectivity index (χ4n) is 4.58. The van der Waals surface area contributed by atoms with Crippen molar-refractivity contribution < 1.29 is 38.0 Å². The molecule has 0 fully saturated rings. The Kier molecular flexibility index (Phi) is 38.6. The molecular weight excluding hydrogens is 548 g/mol. The molecule has 0 unspecified atom stereocenters. The SMILES string of the molecule is CCCCCCCCCCCCCCCCCC(=O)OCCOCCOCCOCCOCCOCCOCCCCC. The van der Waals surface area contributed by atoms with E-state index in [9.17, 15) is 4.79 Å². The summed E-state index contributed by atoms with van der Waals surface area (Å²) >= 11 is 0. The summed E-state index contributed by atoms with van der Waals surface area (Å²) in [4.78, 5) is 11.9. The van der Waals surface area contributed by atoms with E-state index >= 15 is 0 Å². The lowest BCUT2D eigenvalue weighted by Gasteiger charge is -2.08. The molecule has 0 saturated heterocycles. The van der Waals surface area contributed by atoms with Crippen LogP contribution in [0, 0.1) is 0 Å². The molecule has 8 nitrogen and oxygen atoms in total. The minimum atomic E-state index is -0.119. The van der Waals surface area contributed by atoms with Crippen LogP contribution >= 0.6 is 0 Å². The summed E-state index contributed by atoms with van der Waals surface area (Å²) in [5.41, 5.74) is 0. The Labute approximate surface area is 265 Å². The van der Waals surface area contributed by atoms with Crippen molar-refractivity contribution in [3.05, 3.63) is 0 Å². The first-order valence-corrected chi connectivity index (χ1v) is 17.9. The molecule has 0 radical (unpaired) electrons. The van der Waals surface area contributed by atoms with Gasteiger partial charge in [0.2, 0.25) is 0 Å². The van der Waals surface area contributed by atoms with Crippen molar-refractivity contribution in [1.29, 1.82) is 0 Å². The molecule has 0 N–H and O–H groups in total. The van der Waals surface area contributed by atoms with Crippen molar-refractivity contribution in [2.75, 3.05) is 85.9 Å². The molecule has 0 bridgehead atoms. The number of rotatable bonds is 38. The van der Waals surface area contributed by atoms with Gasteiger partial charge in [0.15, 0.2) is 0 Å². The summed E-state index contributed by atoms with van der Waals surface area (Å²) in [6.45, 7) is 11.4. The minimum Gasteiger partial charge on any atom is -0.463 e. The Morgan fingerprint density at radius 3 is 0.977 bits per heavy atom. The van der Waals surface area contributed by atoms with Crippen molar-refractivity contribution >= 4 is 5.97 Å². The molecule has 0 atom stereocenters. The summed E-state index contributed by atoms with van der Waals surface area (Å²) in [5, 5.41) is 0. The lowest BCUT2D eigenvalue weighted by molar-refractivity contribution is -0.145. The molecule has 0 amide bonds. The summed E-state index contributed by atoms with van der Waals surface area (Å²) < 4.78 is 38.1. The van der Waals surface area contributed by atoms with E-state index in [-0.39, 0.29) is 5.97 Å². The molecule has 0 rings (SSSR count). The van der Waals surface area contributed by atoms with Crippen molar-refractivity contribution in [1.82, 2.24) is 0 Å². The van der Waals surface area contributed by atoms with Crippen molar-refractivity contribution in [3.8, 4) is 0 Å². The van der Waals surface area contributed by atoms with Crippen LogP contribution in [-0.2, 0) is 38.0 Å². The molecule has 0 spiro atoms. The number of carbonyl (C=O) groups excluding carboxylic acids is 1. The maximum atomic E-state index is 11.9. The van der Waals surface area contributed by atoms with Gasteiger partial charge in [-0.25, -0.2) is 0 Å². The van der Waals surface area contributed by atoms with Crippen LogP contribution in [0.5, 0.6) is 0 Å². The van der Waals surface area contributed by atoms with Crippen molar-refractivity contribution in [2.45, 2.75) is 136 Å². The predicted molar refractivity (Wildman–Crippen MR) is 175 cm³/mol. The summed E-state index contributed by atoms with van der Waals surface area (Å²) in [7, 11) is 0. The first kappa shape index (κ1) is 42.2. The van der Waals surface area contributed by atoms with Crippen molar-refractivity contribution in [3.63, 3.8) is 0 Å². The molecule has 43 heavy (non-hydrogen) atoms. The zero-order chi connectivity index (χ0) is 31.2. The average Bonchev–Trinajstić information content (AvgIpc) is 3.01. The van der Waals surface area contributed by atoms with E-state index in [0.717, 1.165) is 25.9 Å². The summed E-state index contributed by atoms with van der Waals surface area (Å²) in [6, 6.07) is 0. The lowest BCUT2D eigenvalue weighted by atomic mass is 10.0. The summed E-state index contributed by atoms with van der Waals surface area (Å²) in [6.07, 6.45) is 23.9. The number of ether oxygens (including phenoxy) is 7. The minimum absolute atomic E-state index is 0.119. The number of unbranched alkanes of at least 4 members (excludes halogenated alkanes) is 16. The van der Waals surface area contributed by atoms with E-state index in [2.05, 4.69) is 13.8 Å². The molecule has 0 aliphatic heterocycles.